The lowest BCUT2D eigenvalue weighted by molar-refractivity contribution is -0.384. The Kier molecular flexibility index (Phi) is 4.65. The number of benzene rings is 2. The highest BCUT2D eigenvalue weighted by atomic mass is 16.6. The van der Waals surface area contributed by atoms with Crippen molar-refractivity contribution < 1.29 is 19.5 Å². The molecular formula is C15H15N3O5. The maximum absolute atomic E-state index is 10.7. The number of hydrogen-bond donors (Lipinski definition) is 2. The van der Waals surface area contributed by atoms with Gasteiger partial charge in [0.25, 0.3) is 5.69 Å². The van der Waals surface area contributed by atoms with Crippen molar-refractivity contribution in [2.75, 3.05) is 14.2 Å². The third kappa shape index (κ3) is 3.15. The minimum absolute atomic E-state index is 0.0592. The molecule has 0 aliphatic heterocycles. The number of aromatic hydroxyl groups is 1. The zero-order chi connectivity index (χ0) is 17.0. The molecule has 2 aromatic rings. The third-order valence-electron chi connectivity index (χ3n) is 3.23. The fourth-order valence-electron chi connectivity index (χ4n) is 2.12. The summed E-state index contributed by atoms with van der Waals surface area (Å²) in [5.74, 6) is 6.03. The molecule has 0 aliphatic rings. The molecule has 0 aromatic heterocycles. The number of phenols is 1. The first kappa shape index (κ1) is 16.1. The van der Waals surface area contributed by atoms with Crippen LogP contribution in [0.4, 0.5) is 5.69 Å². The van der Waals surface area contributed by atoms with E-state index in [4.69, 9.17) is 15.3 Å². The number of phenolic OH excluding ortho intramolecular Hbond substituents is 1. The smallest absolute Gasteiger partial charge is 0.269 e. The van der Waals surface area contributed by atoms with E-state index in [-0.39, 0.29) is 22.7 Å². The van der Waals surface area contributed by atoms with Crippen molar-refractivity contribution in [1.29, 1.82) is 0 Å². The number of hydrazone groups is 1. The first-order chi connectivity index (χ1) is 11.0. The summed E-state index contributed by atoms with van der Waals surface area (Å²) in [6.07, 6.45) is 0. The summed E-state index contributed by atoms with van der Waals surface area (Å²) >= 11 is 0. The number of ether oxygens (including phenoxy) is 2. The molecule has 2 rings (SSSR count). The van der Waals surface area contributed by atoms with Gasteiger partial charge in [-0.1, -0.05) is 0 Å². The van der Waals surface area contributed by atoms with Crippen LogP contribution in [0.1, 0.15) is 11.1 Å². The van der Waals surface area contributed by atoms with Crippen LogP contribution in [0.25, 0.3) is 0 Å². The van der Waals surface area contributed by atoms with Gasteiger partial charge < -0.3 is 20.4 Å². The molecule has 0 saturated heterocycles. The summed E-state index contributed by atoms with van der Waals surface area (Å²) in [7, 11) is 2.89. The van der Waals surface area contributed by atoms with Gasteiger partial charge in [-0.25, -0.2) is 0 Å². The molecule has 23 heavy (non-hydrogen) atoms. The van der Waals surface area contributed by atoms with Gasteiger partial charge in [0.15, 0.2) is 0 Å². The summed E-state index contributed by atoms with van der Waals surface area (Å²) in [4.78, 5) is 10.2. The van der Waals surface area contributed by atoms with Crippen molar-refractivity contribution in [1.82, 2.24) is 0 Å². The average Bonchev–Trinajstić information content (AvgIpc) is 2.56. The lowest BCUT2D eigenvalue weighted by Gasteiger charge is -2.14. The summed E-state index contributed by atoms with van der Waals surface area (Å²) in [5, 5.41) is 24.7. The predicted octanol–water partition coefficient (Wildman–Crippen LogP) is 2.03. The van der Waals surface area contributed by atoms with Crippen LogP contribution >= 0.6 is 0 Å². The zero-order valence-electron chi connectivity index (χ0n) is 12.5. The van der Waals surface area contributed by atoms with E-state index in [1.54, 1.807) is 6.07 Å². The second-order valence-electron chi connectivity index (χ2n) is 4.51. The van der Waals surface area contributed by atoms with Gasteiger partial charge in [0, 0.05) is 29.8 Å². The van der Waals surface area contributed by atoms with E-state index in [2.05, 4.69) is 5.10 Å². The number of rotatable bonds is 5. The molecule has 0 bridgehead atoms. The first-order valence-electron chi connectivity index (χ1n) is 6.49. The summed E-state index contributed by atoms with van der Waals surface area (Å²) < 4.78 is 10.3. The molecule has 3 N–H and O–H groups in total. The molecule has 8 heteroatoms. The van der Waals surface area contributed by atoms with Gasteiger partial charge in [0.2, 0.25) is 0 Å². The van der Waals surface area contributed by atoms with Crippen molar-refractivity contribution in [3.05, 3.63) is 57.6 Å². The van der Waals surface area contributed by atoms with Crippen molar-refractivity contribution >= 4 is 11.4 Å². The highest BCUT2D eigenvalue weighted by molar-refractivity contribution is 6.16. The first-order valence-corrected chi connectivity index (χ1v) is 6.49. The van der Waals surface area contributed by atoms with Crippen molar-refractivity contribution in [3.8, 4) is 17.2 Å². The zero-order valence-corrected chi connectivity index (χ0v) is 12.5. The second kappa shape index (κ2) is 6.65. The van der Waals surface area contributed by atoms with E-state index in [1.807, 2.05) is 0 Å². The topological polar surface area (TPSA) is 120 Å². The van der Waals surface area contributed by atoms with Crippen molar-refractivity contribution in [2.24, 2.45) is 10.9 Å². The van der Waals surface area contributed by atoms with E-state index >= 15 is 0 Å². The molecule has 0 amide bonds. The maximum Gasteiger partial charge on any atom is 0.269 e. The van der Waals surface area contributed by atoms with Gasteiger partial charge >= 0.3 is 0 Å². The number of methoxy groups -OCH3 is 2. The largest absolute Gasteiger partial charge is 0.507 e. The Bertz CT molecular complexity index is 756. The number of nitro groups is 1. The van der Waals surface area contributed by atoms with E-state index < -0.39 is 4.92 Å². The predicted molar refractivity (Wildman–Crippen MR) is 84.1 cm³/mol. The van der Waals surface area contributed by atoms with Crippen LogP contribution in [-0.4, -0.2) is 30.0 Å². The average molecular weight is 317 g/mol. The SMILES string of the molecule is COc1cc(O)c(/C(=N/N)c2ccc([N+](=O)[O-])cc2)c(OC)c1. The van der Waals surface area contributed by atoms with Crippen LogP contribution in [0.3, 0.4) is 0 Å². The molecule has 2 aromatic carbocycles. The number of nitrogens with two attached hydrogens (primary N) is 1. The van der Waals surface area contributed by atoms with Crippen LogP contribution in [0, 0.1) is 10.1 Å². The van der Waals surface area contributed by atoms with Gasteiger partial charge in [0.05, 0.1) is 24.7 Å². The molecule has 0 heterocycles. The van der Waals surface area contributed by atoms with Crippen LogP contribution < -0.4 is 15.3 Å². The molecule has 0 aliphatic carbocycles. The lowest BCUT2D eigenvalue weighted by Crippen LogP contribution is -2.09. The summed E-state index contributed by atoms with van der Waals surface area (Å²) in [6.45, 7) is 0. The van der Waals surface area contributed by atoms with Gasteiger partial charge in [-0.3, -0.25) is 10.1 Å². The van der Waals surface area contributed by atoms with Crippen LogP contribution in [0.5, 0.6) is 17.2 Å². The van der Waals surface area contributed by atoms with E-state index in [9.17, 15) is 15.2 Å². The quantitative estimate of drug-likeness (QED) is 0.377. The van der Waals surface area contributed by atoms with Crippen LogP contribution in [-0.2, 0) is 0 Å². The van der Waals surface area contributed by atoms with E-state index in [0.29, 0.717) is 17.1 Å². The van der Waals surface area contributed by atoms with Crippen LogP contribution in [0.15, 0.2) is 41.5 Å². The fourth-order valence-corrected chi connectivity index (χ4v) is 2.12. The highest BCUT2D eigenvalue weighted by Crippen LogP contribution is 2.35. The Labute approximate surface area is 131 Å². The molecule has 0 fully saturated rings. The normalized spacial score (nSPS) is 11.1. The summed E-state index contributed by atoms with van der Waals surface area (Å²) in [6, 6.07) is 8.61. The summed E-state index contributed by atoms with van der Waals surface area (Å²) in [5.41, 5.74) is 0.939. The molecule has 0 atom stereocenters. The molecule has 0 spiro atoms. The Hall–Kier alpha value is -3.29. The van der Waals surface area contributed by atoms with Gasteiger partial charge in [-0.05, 0) is 12.1 Å². The number of nitro benzene ring substituents is 1. The van der Waals surface area contributed by atoms with E-state index in [1.165, 1.54) is 44.6 Å². The number of hydrogen-bond acceptors (Lipinski definition) is 7. The lowest BCUT2D eigenvalue weighted by atomic mass is 10.00. The second-order valence-corrected chi connectivity index (χ2v) is 4.51. The van der Waals surface area contributed by atoms with Crippen molar-refractivity contribution in [2.45, 2.75) is 0 Å². The minimum atomic E-state index is -0.505. The van der Waals surface area contributed by atoms with E-state index in [0.717, 1.165) is 0 Å². The Balaban J connectivity index is 2.56. The highest BCUT2D eigenvalue weighted by Gasteiger charge is 2.20. The Morgan fingerprint density at radius 3 is 2.35 bits per heavy atom. The Morgan fingerprint density at radius 2 is 1.87 bits per heavy atom. The molecule has 0 unspecified atom stereocenters. The maximum atomic E-state index is 10.7. The van der Waals surface area contributed by atoms with Crippen molar-refractivity contribution in [3.63, 3.8) is 0 Å². The Morgan fingerprint density at radius 1 is 1.22 bits per heavy atom. The minimum Gasteiger partial charge on any atom is -0.507 e. The van der Waals surface area contributed by atoms with Gasteiger partial charge in [0.1, 0.15) is 23.0 Å². The third-order valence-corrected chi connectivity index (χ3v) is 3.23. The molecule has 0 saturated carbocycles. The molecular weight excluding hydrogens is 302 g/mol. The van der Waals surface area contributed by atoms with Gasteiger partial charge in [-0.15, -0.1) is 0 Å². The fraction of sp³-hybridized carbons (Fsp3) is 0.133. The van der Waals surface area contributed by atoms with Crippen LogP contribution in [0.2, 0.25) is 0 Å². The molecule has 8 nitrogen and oxygen atoms in total. The standard InChI is InChI=1S/C15H15N3O5/c1-22-11-7-12(19)14(13(8-11)23-2)15(17-16)9-3-5-10(6-4-9)18(20)21/h3-8,19H,16H2,1-2H3/b17-15+. The molecule has 120 valence electrons. The van der Waals surface area contributed by atoms with Gasteiger partial charge in [-0.2, -0.15) is 5.10 Å². The molecule has 0 radical (unpaired) electrons. The number of non-ortho nitro benzene ring substituents is 1. The monoisotopic (exact) mass is 317 g/mol. The number of nitrogens with zero attached hydrogens (tertiary/aromatic N) is 2.